The molecule has 0 amide bonds. The topological polar surface area (TPSA) is 107 Å². The highest BCUT2D eigenvalue weighted by Crippen LogP contribution is 2.31. The number of aromatic nitrogens is 5. The van der Waals surface area contributed by atoms with E-state index in [4.69, 9.17) is 4.74 Å². The first kappa shape index (κ1) is 25.6. The fourth-order valence-corrected chi connectivity index (χ4v) is 4.65. The van der Waals surface area contributed by atoms with Crippen LogP contribution in [0.15, 0.2) is 30.9 Å². The van der Waals surface area contributed by atoms with Gasteiger partial charge in [-0.25, -0.2) is 24.3 Å². The highest BCUT2D eigenvalue weighted by atomic mass is 28.3. The van der Waals surface area contributed by atoms with Gasteiger partial charge in [0.15, 0.2) is 17.0 Å². The molecule has 0 saturated heterocycles. The highest BCUT2D eigenvalue weighted by molar-refractivity contribution is 6.76. The molecule has 9 nitrogen and oxygen atoms in total. The van der Waals surface area contributed by atoms with Crippen molar-refractivity contribution in [2.24, 2.45) is 0 Å². The second-order valence-electron chi connectivity index (χ2n) is 10.0. The smallest absolute Gasteiger partial charge is 0.167 e. The molecule has 2 N–H and O–H groups in total. The van der Waals surface area contributed by atoms with Crippen molar-refractivity contribution in [3.05, 3.63) is 47.8 Å². The number of benzene rings is 1. The molecule has 1 aromatic carbocycles. The summed E-state index contributed by atoms with van der Waals surface area (Å²) >= 11 is 0. The summed E-state index contributed by atoms with van der Waals surface area (Å²) in [5.41, 5.74) is 3.14. The van der Waals surface area contributed by atoms with Crippen LogP contribution in [0.1, 0.15) is 24.1 Å². The van der Waals surface area contributed by atoms with Gasteiger partial charge >= 0.3 is 0 Å². The molecule has 0 saturated carbocycles. The van der Waals surface area contributed by atoms with Crippen molar-refractivity contribution in [1.29, 1.82) is 0 Å². The number of carbonyl (C=O) groups is 1. The Morgan fingerprint density at radius 1 is 1.17 bits per heavy atom. The quantitative estimate of drug-likeness (QED) is 0.167. The van der Waals surface area contributed by atoms with Crippen LogP contribution in [0.5, 0.6) is 0 Å². The van der Waals surface area contributed by atoms with Crippen molar-refractivity contribution in [2.75, 3.05) is 23.8 Å². The molecular formula is C25H32FN7O2Si. The van der Waals surface area contributed by atoms with Crippen LogP contribution in [0.2, 0.25) is 25.7 Å². The number of rotatable bonds is 11. The minimum absolute atomic E-state index is 0.0897. The number of aldehydes is 1. The number of aryl methyl sites for hydroxylation is 1. The molecule has 0 aliphatic carbocycles. The summed E-state index contributed by atoms with van der Waals surface area (Å²) in [5, 5.41) is 7.25. The lowest BCUT2D eigenvalue weighted by Gasteiger charge is -2.20. The third-order valence-corrected chi connectivity index (χ3v) is 7.71. The van der Waals surface area contributed by atoms with Crippen LogP contribution in [0.4, 0.5) is 16.0 Å². The Kier molecular flexibility index (Phi) is 7.60. The molecule has 0 aliphatic heterocycles. The van der Waals surface area contributed by atoms with E-state index in [-0.39, 0.29) is 18.4 Å². The Morgan fingerprint density at radius 2 is 1.97 bits per heavy atom. The number of fused-ring (bicyclic) bond motifs is 2. The second kappa shape index (κ2) is 10.7. The molecule has 36 heavy (non-hydrogen) atoms. The first-order valence-electron chi connectivity index (χ1n) is 12.0. The van der Waals surface area contributed by atoms with Gasteiger partial charge in [0, 0.05) is 31.2 Å². The molecule has 0 radical (unpaired) electrons. The van der Waals surface area contributed by atoms with Crippen molar-refractivity contribution in [3.63, 3.8) is 0 Å². The molecule has 11 heteroatoms. The number of pyridine rings is 1. The summed E-state index contributed by atoms with van der Waals surface area (Å²) in [6.45, 7) is 11.8. The number of ether oxygens (including phenoxy) is 1. The highest BCUT2D eigenvalue weighted by Gasteiger charge is 2.19. The van der Waals surface area contributed by atoms with Crippen LogP contribution >= 0.6 is 0 Å². The molecule has 4 aromatic rings. The van der Waals surface area contributed by atoms with Crippen LogP contribution in [0, 0.1) is 12.7 Å². The number of nitrogens with one attached hydrogen (secondary N) is 2. The summed E-state index contributed by atoms with van der Waals surface area (Å²) in [7, 11) is -1.16. The summed E-state index contributed by atoms with van der Waals surface area (Å²) in [4.78, 5) is 29.0. The number of carbonyl (C=O) groups excluding carboxylic acids is 1. The predicted octanol–water partition coefficient (Wildman–Crippen LogP) is 4.92. The summed E-state index contributed by atoms with van der Waals surface area (Å²) in [6, 6.07) is 5.93. The maximum atomic E-state index is 14.1. The van der Waals surface area contributed by atoms with Gasteiger partial charge in [-0.2, -0.15) is 0 Å². The van der Waals surface area contributed by atoms with E-state index < -0.39 is 8.07 Å². The first-order chi connectivity index (χ1) is 17.2. The molecule has 0 spiro atoms. The SMILES string of the molecule is Cc1c(F)ccc2cc([C@H](C)Nc3ncnc4c3ncn4COCC[Si](C)(C)C)c(NCC=O)nc12. The van der Waals surface area contributed by atoms with E-state index in [1.807, 2.05) is 17.6 Å². The van der Waals surface area contributed by atoms with Crippen LogP contribution < -0.4 is 10.6 Å². The molecular weight excluding hydrogens is 477 g/mol. The zero-order valence-electron chi connectivity index (χ0n) is 21.3. The van der Waals surface area contributed by atoms with Gasteiger partial charge < -0.3 is 20.2 Å². The molecule has 0 bridgehead atoms. The maximum absolute atomic E-state index is 14.1. The van der Waals surface area contributed by atoms with E-state index in [2.05, 4.69) is 50.2 Å². The normalized spacial score (nSPS) is 12.7. The zero-order chi connectivity index (χ0) is 25.9. The number of hydrogen-bond donors (Lipinski definition) is 2. The lowest BCUT2D eigenvalue weighted by atomic mass is 10.0. The van der Waals surface area contributed by atoms with E-state index in [0.717, 1.165) is 23.3 Å². The van der Waals surface area contributed by atoms with Gasteiger partial charge in [0.25, 0.3) is 0 Å². The third kappa shape index (κ3) is 5.68. The third-order valence-electron chi connectivity index (χ3n) is 6.00. The summed E-state index contributed by atoms with van der Waals surface area (Å²) in [6.07, 6.45) is 3.96. The fourth-order valence-electron chi connectivity index (χ4n) is 3.89. The average molecular weight is 510 g/mol. The molecule has 3 heterocycles. The molecule has 190 valence electrons. The van der Waals surface area contributed by atoms with E-state index in [0.29, 0.717) is 47.2 Å². The zero-order valence-corrected chi connectivity index (χ0v) is 22.3. The molecule has 0 unspecified atom stereocenters. The van der Waals surface area contributed by atoms with Gasteiger partial charge in [-0.15, -0.1) is 0 Å². The Hall–Kier alpha value is -3.44. The number of nitrogens with zero attached hydrogens (tertiary/aromatic N) is 5. The summed E-state index contributed by atoms with van der Waals surface area (Å²) in [5.74, 6) is 0.763. The van der Waals surface area contributed by atoms with Gasteiger partial charge in [0.1, 0.15) is 31.0 Å². The Labute approximate surface area is 210 Å². The number of imidazole rings is 1. The van der Waals surface area contributed by atoms with Gasteiger partial charge in [-0.1, -0.05) is 19.6 Å². The van der Waals surface area contributed by atoms with Gasteiger partial charge in [-0.3, -0.25) is 4.57 Å². The van der Waals surface area contributed by atoms with Crippen LogP contribution in [0.25, 0.3) is 22.1 Å². The lowest BCUT2D eigenvalue weighted by Crippen LogP contribution is -2.22. The number of hydrogen-bond acceptors (Lipinski definition) is 8. The van der Waals surface area contributed by atoms with Gasteiger partial charge in [-0.05, 0) is 38.1 Å². The van der Waals surface area contributed by atoms with Crippen LogP contribution in [-0.4, -0.2) is 52.0 Å². The minimum atomic E-state index is -1.16. The van der Waals surface area contributed by atoms with Crippen molar-refractivity contribution in [1.82, 2.24) is 24.5 Å². The monoisotopic (exact) mass is 509 g/mol. The lowest BCUT2D eigenvalue weighted by molar-refractivity contribution is -0.106. The van der Waals surface area contributed by atoms with E-state index in [9.17, 15) is 9.18 Å². The Morgan fingerprint density at radius 3 is 2.72 bits per heavy atom. The van der Waals surface area contributed by atoms with Crippen LogP contribution in [-0.2, 0) is 16.3 Å². The Bertz CT molecular complexity index is 1390. The van der Waals surface area contributed by atoms with E-state index in [1.165, 1.54) is 12.4 Å². The Balaban J connectivity index is 1.60. The molecule has 1 atom stereocenters. The van der Waals surface area contributed by atoms with E-state index in [1.54, 1.807) is 19.3 Å². The molecule has 3 aromatic heterocycles. The molecule has 4 rings (SSSR count). The fraction of sp³-hybridized carbons (Fsp3) is 0.400. The number of halogens is 1. The van der Waals surface area contributed by atoms with Crippen LogP contribution in [0.3, 0.4) is 0 Å². The van der Waals surface area contributed by atoms with Crippen molar-refractivity contribution in [3.8, 4) is 0 Å². The number of anilines is 2. The van der Waals surface area contributed by atoms with Gasteiger partial charge in [0.2, 0.25) is 0 Å². The van der Waals surface area contributed by atoms with E-state index >= 15 is 0 Å². The standard InChI is InChI=1S/C25H32FN7O2Si/c1-16-20(26)7-6-18-12-19(23(27-8-9-34)32-21(16)18)17(2)31-24-22-25(29-13-28-24)33(14-30-22)15-35-10-11-36(3,4)5/h6-7,9,12-14,17H,8,10-11,15H2,1-5H3,(H,27,32)(H,28,29,31)/t17-/m0/s1. The predicted molar refractivity (Wildman–Crippen MR) is 142 cm³/mol. The average Bonchev–Trinajstić information content (AvgIpc) is 3.26. The first-order valence-corrected chi connectivity index (χ1v) is 15.7. The van der Waals surface area contributed by atoms with Crippen molar-refractivity contribution in [2.45, 2.75) is 52.3 Å². The van der Waals surface area contributed by atoms with Gasteiger partial charge in [0.05, 0.1) is 24.4 Å². The second-order valence-corrected chi connectivity index (χ2v) is 15.7. The molecule has 0 aliphatic rings. The maximum Gasteiger partial charge on any atom is 0.167 e. The van der Waals surface area contributed by atoms with Crippen molar-refractivity contribution < 1.29 is 13.9 Å². The largest absolute Gasteiger partial charge is 0.363 e. The van der Waals surface area contributed by atoms with Crippen molar-refractivity contribution >= 4 is 48.1 Å². The molecule has 0 fully saturated rings. The summed E-state index contributed by atoms with van der Waals surface area (Å²) < 4.78 is 21.9. The minimum Gasteiger partial charge on any atom is -0.363 e.